The van der Waals surface area contributed by atoms with E-state index in [9.17, 15) is 9.36 Å². The van der Waals surface area contributed by atoms with Gasteiger partial charge in [0.05, 0.1) is 21.3 Å². The van der Waals surface area contributed by atoms with Crippen LogP contribution in [0.25, 0.3) is 0 Å². The van der Waals surface area contributed by atoms with Gasteiger partial charge in [-0.15, -0.1) is 0 Å². The van der Waals surface area contributed by atoms with E-state index in [4.69, 9.17) is 19.0 Å². The van der Waals surface area contributed by atoms with Gasteiger partial charge in [0.25, 0.3) is 0 Å². The molecule has 0 aliphatic carbocycles. The summed E-state index contributed by atoms with van der Waals surface area (Å²) in [7, 11) is -4.01. The van der Waals surface area contributed by atoms with Crippen LogP contribution in [0.15, 0.2) is 48.5 Å². The van der Waals surface area contributed by atoms with Gasteiger partial charge in [0.2, 0.25) is 0 Å². The Morgan fingerprint density at radius 3 is 2.39 bits per heavy atom. The molecule has 0 aliphatic heterocycles. The molecule has 0 aliphatic rings. The van der Waals surface area contributed by atoms with Crippen molar-refractivity contribution in [2.75, 3.05) is 0 Å². The molecule has 2 atom stereocenters. The maximum Gasteiger partial charge on any atom is 0.513 e. The van der Waals surface area contributed by atoms with Crippen LogP contribution in [0.4, 0.5) is 0 Å². The third kappa shape index (κ3) is 6.51. The van der Waals surface area contributed by atoms with Crippen LogP contribution in [0.1, 0.15) is 26.3 Å². The number of hydrogen-bond acceptors (Lipinski definition) is 6. The maximum absolute atomic E-state index is 13.4. The number of nitriles is 1. The predicted molar refractivity (Wildman–Crippen MR) is 113 cm³/mol. The summed E-state index contributed by atoms with van der Waals surface area (Å²) in [6, 6.07) is 14.2. The van der Waals surface area contributed by atoms with Gasteiger partial charge in [-0.25, -0.2) is 4.57 Å². The Morgan fingerprint density at radius 2 is 1.82 bits per heavy atom. The van der Waals surface area contributed by atoms with Crippen molar-refractivity contribution in [2.45, 2.75) is 32.9 Å². The molecule has 2 aromatic carbocycles. The average molecular weight is 514 g/mol. The molecule has 28 heavy (non-hydrogen) atoms. The lowest BCUT2D eigenvalue weighted by atomic mass is 10.2. The molecule has 1 N–H and O–H groups in total. The lowest BCUT2D eigenvalue weighted by Gasteiger charge is -2.24. The number of hydrogen-bond donors (Lipinski definition) is 1. The van der Waals surface area contributed by atoms with Crippen LogP contribution < -0.4 is 14.1 Å². The minimum absolute atomic E-state index is 0.260. The molecule has 0 aromatic heterocycles. The molecule has 7 nitrogen and oxygen atoms in total. The molecule has 0 radical (unpaired) electrons. The summed E-state index contributed by atoms with van der Waals surface area (Å²) in [5.74, 6) is -0.00721. The summed E-state index contributed by atoms with van der Waals surface area (Å²) < 4.78 is 30.4. The molecule has 0 bridgehead atoms. The van der Waals surface area contributed by atoms with E-state index >= 15 is 0 Å². The topological polar surface area (TPSA) is 97.7 Å². The molecule has 0 spiro atoms. The number of benzene rings is 2. The fourth-order valence-corrected chi connectivity index (χ4v) is 4.43. The first-order chi connectivity index (χ1) is 13.2. The number of nitrogens with one attached hydrogen (secondary N) is 1. The van der Waals surface area contributed by atoms with Crippen LogP contribution in [0, 0.1) is 14.9 Å². The summed E-state index contributed by atoms with van der Waals surface area (Å²) in [5, 5.41) is 11.6. The minimum atomic E-state index is -4.01. The lowest BCUT2D eigenvalue weighted by molar-refractivity contribution is -0.149. The zero-order valence-electron chi connectivity index (χ0n) is 15.6. The van der Waals surface area contributed by atoms with E-state index in [-0.39, 0.29) is 11.9 Å². The quantitative estimate of drug-likeness (QED) is 0.311. The van der Waals surface area contributed by atoms with Crippen molar-refractivity contribution < 1.29 is 23.1 Å². The highest BCUT2D eigenvalue weighted by Gasteiger charge is 2.34. The van der Waals surface area contributed by atoms with Crippen LogP contribution >= 0.6 is 30.3 Å². The Morgan fingerprint density at radius 1 is 1.14 bits per heavy atom. The normalized spacial score (nSPS) is 13.9. The second kappa shape index (κ2) is 9.92. The third-order valence-electron chi connectivity index (χ3n) is 3.31. The Hall–Kier alpha value is -2.08. The first-order valence-electron chi connectivity index (χ1n) is 8.44. The first kappa shape index (κ1) is 22.2. The molecule has 2 rings (SSSR count). The fourth-order valence-electron chi connectivity index (χ4n) is 2.09. The second-order valence-corrected chi connectivity index (χ2v) is 8.87. The summed E-state index contributed by atoms with van der Waals surface area (Å²) in [4.78, 5) is 12.1. The van der Waals surface area contributed by atoms with Crippen LogP contribution in [-0.2, 0) is 14.1 Å². The molecule has 0 saturated heterocycles. The van der Waals surface area contributed by atoms with E-state index in [0.717, 1.165) is 0 Å². The number of para-hydroxylation sites is 1. The minimum Gasteiger partial charge on any atom is -0.462 e. The van der Waals surface area contributed by atoms with Gasteiger partial charge in [-0.2, -0.15) is 10.3 Å². The number of esters is 1. The monoisotopic (exact) mass is 514 g/mol. The zero-order valence-corrected chi connectivity index (χ0v) is 18.6. The van der Waals surface area contributed by atoms with Gasteiger partial charge in [0.1, 0.15) is 17.5 Å². The van der Waals surface area contributed by atoms with E-state index in [1.807, 2.05) is 28.7 Å². The lowest BCUT2D eigenvalue weighted by Crippen LogP contribution is -2.36. The van der Waals surface area contributed by atoms with Crippen molar-refractivity contribution in [1.82, 2.24) is 5.09 Å². The van der Waals surface area contributed by atoms with E-state index in [2.05, 4.69) is 5.09 Å². The standard InChI is InChI=1S/C19H20IN2O5P/c1-13(2)25-19(23)14(3)22-28(24,26-16-7-5-4-6-8-16)27-18-10-9-15(12-21)11-17(18)20/h4-11,13-14H,1-3H3,(H,22,24)/t14-,28?/m0/s1. The second-order valence-electron chi connectivity index (χ2n) is 6.09. The van der Waals surface area contributed by atoms with Crippen molar-refractivity contribution in [1.29, 1.82) is 5.26 Å². The Bertz CT molecular complexity index is 914. The van der Waals surface area contributed by atoms with Crippen molar-refractivity contribution in [3.05, 3.63) is 57.7 Å². The van der Waals surface area contributed by atoms with Gasteiger partial charge < -0.3 is 13.8 Å². The summed E-state index contributed by atoms with van der Waals surface area (Å²) in [5.41, 5.74) is 0.442. The van der Waals surface area contributed by atoms with Crippen LogP contribution in [0.3, 0.4) is 0 Å². The van der Waals surface area contributed by atoms with Gasteiger partial charge in [0.15, 0.2) is 0 Å². The molecular weight excluding hydrogens is 494 g/mol. The number of nitrogens with zero attached hydrogens (tertiary/aromatic N) is 1. The molecule has 1 unspecified atom stereocenters. The fraction of sp³-hybridized carbons (Fsp3) is 0.263. The number of halogens is 1. The Balaban J connectivity index is 2.29. The number of carbonyl (C=O) groups excluding carboxylic acids is 1. The Kier molecular flexibility index (Phi) is 7.87. The number of rotatable bonds is 8. The van der Waals surface area contributed by atoms with Crippen molar-refractivity contribution in [2.24, 2.45) is 0 Å². The molecule has 0 amide bonds. The van der Waals surface area contributed by atoms with E-state index in [1.54, 1.807) is 56.3 Å². The number of carbonyl (C=O) groups is 1. The van der Waals surface area contributed by atoms with Gasteiger partial charge in [0, 0.05) is 0 Å². The molecular formula is C19H20IN2O5P. The highest BCUT2D eigenvalue weighted by atomic mass is 127. The van der Waals surface area contributed by atoms with Gasteiger partial charge in [-0.05, 0) is 73.7 Å². The van der Waals surface area contributed by atoms with Crippen LogP contribution in [0.2, 0.25) is 0 Å². The largest absolute Gasteiger partial charge is 0.513 e. The molecule has 2 aromatic rings. The van der Waals surface area contributed by atoms with Gasteiger partial charge in [-0.1, -0.05) is 18.2 Å². The molecule has 0 heterocycles. The predicted octanol–water partition coefficient (Wildman–Crippen LogP) is 4.66. The van der Waals surface area contributed by atoms with E-state index < -0.39 is 19.8 Å². The molecule has 9 heteroatoms. The van der Waals surface area contributed by atoms with E-state index in [0.29, 0.717) is 14.9 Å². The highest BCUT2D eigenvalue weighted by Crippen LogP contribution is 2.46. The van der Waals surface area contributed by atoms with Crippen molar-refractivity contribution >= 4 is 36.3 Å². The first-order valence-corrected chi connectivity index (χ1v) is 11.1. The molecule has 0 saturated carbocycles. The smallest absolute Gasteiger partial charge is 0.462 e. The highest BCUT2D eigenvalue weighted by molar-refractivity contribution is 14.1. The molecule has 148 valence electrons. The van der Waals surface area contributed by atoms with Crippen molar-refractivity contribution in [3.63, 3.8) is 0 Å². The summed E-state index contributed by atoms with van der Waals surface area (Å²) in [6.07, 6.45) is -0.313. The van der Waals surface area contributed by atoms with E-state index in [1.165, 1.54) is 13.0 Å². The number of ether oxygens (including phenoxy) is 1. The van der Waals surface area contributed by atoms with Crippen LogP contribution in [0.5, 0.6) is 11.5 Å². The Labute approximate surface area is 177 Å². The average Bonchev–Trinajstić information content (AvgIpc) is 2.63. The van der Waals surface area contributed by atoms with Crippen LogP contribution in [-0.4, -0.2) is 18.1 Å². The zero-order chi connectivity index (χ0) is 20.7. The third-order valence-corrected chi connectivity index (χ3v) is 5.74. The van der Waals surface area contributed by atoms with Gasteiger partial charge >= 0.3 is 13.7 Å². The summed E-state index contributed by atoms with van der Waals surface area (Å²) >= 11 is 1.97. The SMILES string of the molecule is CC(C)OC(=O)[C@H](C)NP(=O)(Oc1ccccc1)Oc1ccc(C#N)cc1I. The van der Waals surface area contributed by atoms with Gasteiger partial charge in [-0.3, -0.25) is 4.79 Å². The summed E-state index contributed by atoms with van der Waals surface area (Å²) in [6.45, 7) is 4.96. The van der Waals surface area contributed by atoms with Crippen molar-refractivity contribution in [3.8, 4) is 17.6 Å². The maximum atomic E-state index is 13.4. The molecule has 0 fully saturated rings.